The molecule has 2 amide bonds. The molecule has 1 aromatic heterocycles. The number of carbonyl (C=O) groups excluding carboxylic acids is 1. The van der Waals surface area contributed by atoms with Crippen LogP contribution in [0.4, 0.5) is 10.7 Å². The van der Waals surface area contributed by atoms with Gasteiger partial charge in [0.1, 0.15) is 0 Å². The van der Waals surface area contributed by atoms with Crippen molar-refractivity contribution in [1.29, 1.82) is 0 Å². The van der Waals surface area contributed by atoms with Crippen LogP contribution in [0.1, 0.15) is 32.0 Å². The number of hydrogen-bond acceptors (Lipinski definition) is 6. The van der Waals surface area contributed by atoms with Gasteiger partial charge in [-0.2, -0.15) is 0 Å². The second-order valence-corrected chi connectivity index (χ2v) is 10.6. The van der Waals surface area contributed by atoms with Crippen molar-refractivity contribution in [2.75, 3.05) is 63.8 Å². The van der Waals surface area contributed by atoms with Crippen LogP contribution in [0.5, 0.6) is 0 Å². The van der Waals surface area contributed by atoms with Crippen molar-refractivity contribution < 1.29 is 4.79 Å². The minimum absolute atomic E-state index is 0.0461. The number of carbonyl (C=O) groups is 1. The predicted octanol–water partition coefficient (Wildman–Crippen LogP) is 1.76. The Morgan fingerprint density at radius 1 is 0.971 bits per heavy atom. The topological polar surface area (TPSA) is 87.8 Å². The van der Waals surface area contributed by atoms with E-state index >= 15 is 0 Å². The van der Waals surface area contributed by atoms with Crippen LogP contribution in [-0.4, -0.2) is 95.1 Å². The van der Waals surface area contributed by atoms with E-state index < -0.39 is 0 Å². The molecule has 0 bridgehead atoms. The van der Waals surface area contributed by atoms with E-state index in [-0.39, 0.29) is 17.1 Å². The van der Waals surface area contributed by atoms with Gasteiger partial charge < -0.3 is 20.0 Å². The number of H-pyrrole nitrogens is 1. The number of anilines is 1. The van der Waals surface area contributed by atoms with E-state index in [1.165, 1.54) is 5.56 Å². The Balaban J connectivity index is 1.26. The molecule has 0 aliphatic carbocycles. The first-order valence-corrected chi connectivity index (χ1v) is 12.7. The van der Waals surface area contributed by atoms with E-state index in [2.05, 4.69) is 55.3 Å². The summed E-state index contributed by atoms with van der Waals surface area (Å²) < 4.78 is 0. The second-order valence-electron chi connectivity index (χ2n) is 10.6. The van der Waals surface area contributed by atoms with Crippen LogP contribution in [0, 0.1) is 0 Å². The fourth-order valence-electron chi connectivity index (χ4n) is 4.58. The van der Waals surface area contributed by atoms with Gasteiger partial charge in [0.2, 0.25) is 5.95 Å². The Labute approximate surface area is 208 Å². The van der Waals surface area contributed by atoms with Crippen LogP contribution < -0.4 is 15.8 Å². The lowest BCUT2D eigenvalue weighted by molar-refractivity contribution is 0.127. The Morgan fingerprint density at radius 3 is 2.29 bits per heavy atom. The molecular weight excluding hydrogens is 442 g/mol. The van der Waals surface area contributed by atoms with E-state index in [0.29, 0.717) is 38.7 Å². The molecule has 2 N–H and O–H groups in total. The molecule has 9 heteroatoms. The predicted molar refractivity (Wildman–Crippen MR) is 139 cm³/mol. The summed E-state index contributed by atoms with van der Waals surface area (Å²) in [6.07, 6.45) is 1.07. The first-order chi connectivity index (χ1) is 16.7. The quantitative estimate of drug-likeness (QED) is 0.654. The van der Waals surface area contributed by atoms with Gasteiger partial charge >= 0.3 is 6.03 Å². The molecule has 0 spiro atoms. The third-order valence-corrected chi connectivity index (χ3v) is 6.54. The summed E-state index contributed by atoms with van der Waals surface area (Å²) in [4.78, 5) is 41.2. The largest absolute Gasteiger partial charge is 0.339 e. The molecule has 2 fully saturated rings. The number of piperazine rings is 2. The number of urea groups is 1. The Hall–Kier alpha value is -2.91. The fraction of sp³-hybridized carbons (Fsp3) is 0.577. The first kappa shape index (κ1) is 25.2. The zero-order valence-corrected chi connectivity index (χ0v) is 21.3. The molecule has 4 rings (SSSR count). The van der Waals surface area contributed by atoms with Gasteiger partial charge in [-0.1, -0.05) is 30.3 Å². The highest BCUT2D eigenvalue weighted by Gasteiger charge is 2.25. The monoisotopic (exact) mass is 481 g/mol. The van der Waals surface area contributed by atoms with Crippen molar-refractivity contribution in [3.63, 3.8) is 0 Å². The number of nitrogens with zero attached hydrogens (tertiary/aromatic N) is 5. The van der Waals surface area contributed by atoms with Crippen molar-refractivity contribution >= 4 is 12.0 Å². The highest BCUT2D eigenvalue weighted by atomic mass is 16.2. The van der Waals surface area contributed by atoms with Gasteiger partial charge in [-0.3, -0.25) is 14.7 Å². The molecule has 190 valence electrons. The van der Waals surface area contributed by atoms with Gasteiger partial charge in [-0.15, -0.1) is 0 Å². The summed E-state index contributed by atoms with van der Waals surface area (Å²) in [6, 6.07) is 12.2. The summed E-state index contributed by atoms with van der Waals surface area (Å²) in [5.74, 6) is 0.602. The normalized spacial score (nSPS) is 18.0. The minimum Gasteiger partial charge on any atom is -0.339 e. The van der Waals surface area contributed by atoms with E-state index in [1.54, 1.807) is 6.07 Å². The SMILES string of the molecule is CC(C)(C)NC(=O)N1CCN(c2nc(CN3CCN(CCc4ccccc4)CC3)cc(=O)[nH]2)CC1. The van der Waals surface area contributed by atoms with E-state index in [9.17, 15) is 9.59 Å². The smallest absolute Gasteiger partial charge is 0.317 e. The number of rotatable bonds is 6. The molecule has 2 aliphatic rings. The zero-order valence-electron chi connectivity index (χ0n) is 21.3. The average molecular weight is 482 g/mol. The van der Waals surface area contributed by atoms with Crippen molar-refractivity contribution in [1.82, 2.24) is 30.0 Å². The van der Waals surface area contributed by atoms with E-state index in [1.807, 2.05) is 25.7 Å². The third-order valence-electron chi connectivity index (χ3n) is 6.54. The molecule has 3 heterocycles. The summed E-state index contributed by atoms with van der Waals surface area (Å²) in [6.45, 7) is 14.2. The highest BCUT2D eigenvalue weighted by Crippen LogP contribution is 2.13. The van der Waals surface area contributed by atoms with Crippen LogP contribution >= 0.6 is 0 Å². The maximum Gasteiger partial charge on any atom is 0.317 e. The Morgan fingerprint density at radius 2 is 1.63 bits per heavy atom. The standard InChI is InChI=1S/C26H39N7O2/c1-26(2,3)29-25(35)33-17-15-32(16-18-33)24-27-22(19-23(34)28-24)20-31-13-11-30(12-14-31)10-9-21-7-5-4-6-8-21/h4-8,19H,9-18,20H2,1-3H3,(H,29,35)(H,27,28,34). The lowest BCUT2D eigenvalue weighted by Crippen LogP contribution is -2.55. The number of benzene rings is 1. The first-order valence-electron chi connectivity index (χ1n) is 12.7. The van der Waals surface area contributed by atoms with Crippen LogP contribution in [0.3, 0.4) is 0 Å². The molecule has 0 atom stereocenters. The van der Waals surface area contributed by atoms with Crippen molar-refractivity contribution in [3.8, 4) is 0 Å². The zero-order chi connectivity index (χ0) is 24.8. The van der Waals surface area contributed by atoms with Gasteiger partial charge in [-0.05, 0) is 32.8 Å². The second kappa shape index (κ2) is 11.2. The van der Waals surface area contributed by atoms with Gasteiger partial charge in [0, 0.05) is 77.1 Å². The van der Waals surface area contributed by atoms with Crippen LogP contribution in [-0.2, 0) is 13.0 Å². The Kier molecular flexibility index (Phi) is 8.07. The minimum atomic E-state index is -0.261. The molecule has 0 unspecified atom stereocenters. The molecular formula is C26H39N7O2. The molecule has 1 aromatic carbocycles. The maximum atomic E-state index is 12.4. The van der Waals surface area contributed by atoms with Crippen LogP contribution in [0.25, 0.3) is 0 Å². The van der Waals surface area contributed by atoms with Crippen molar-refractivity contribution in [3.05, 3.63) is 58.0 Å². The third kappa shape index (κ3) is 7.53. The van der Waals surface area contributed by atoms with Crippen molar-refractivity contribution in [2.24, 2.45) is 0 Å². The highest BCUT2D eigenvalue weighted by molar-refractivity contribution is 5.75. The summed E-state index contributed by atoms with van der Waals surface area (Å²) in [5, 5.41) is 3.01. The van der Waals surface area contributed by atoms with Gasteiger partial charge in [-0.25, -0.2) is 9.78 Å². The number of amides is 2. The Bertz CT molecular complexity index is 1020. The van der Waals surface area contributed by atoms with Gasteiger partial charge in [0.25, 0.3) is 5.56 Å². The van der Waals surface area contributed by atoms with Crippen molar-refractivity contribution in [2.45, 2.75) is 39.3 Å². The average Bonchev–Trinajstić information content (AvgIpc) is 2.83. The van der Waals surface area contributed by atoms with Gasteiger partial charge in [0.05, 0.1) is 5.69 Å². The fourth-order valence-corrected chi connectivity index (χ4v) is 4.58. The number of aromatic nitrogens is 2. The maximum absolute atomic E-state index is 12.4. The molecule has 35 heavy (non-hydrogen) atoms. The molecule has 9 nitrogen and oxygen atoms in total. The number of hydrogen-bond donors (Lipinski definition) is 2. The summed E-state index contributed by atoms with van der Waals surface area (Å²) in [5.41, 5.74) is 1.79. The van der Waals surface area contributed by atoms with Crippen LogP contribution in [0.15, 0.2) is 41.2 Å². The molecule has 2 aromatic rings. The molecule has 0 radical (unpaired) electrons. The summed E-state index contributed by atoms with van der Waals surface area (Å²) >= 11 is 0. The molecule has 2 aliphatic heterocycles. The lowest BCUT2D eigenvalue weighted by atomic mass is 10.1. The van der Waals surface area contributed by atoms with Crippen LogP contribution in [0.2, 0.25) is 0 Å². The van der Waals surface area contributed by atoms with Gasteiger partial charge in [0.15, 0.2) is 0 Å². The van der Waals surface area contributed by atoms with E-state index in [0.717, 1.165) is 44.8 Å². The van der Waals surface area contributed by atoms with E-state index in [4.69, 9.17) is 4.98 Å². The molecule has 0 saturated carbocycles. The summed E-state index contributed by atoms with van der Waals surface area (Å²) in [7, 11) is 0. The molecule has 2 saturated heterocycles. The number of aromatic amines is 1. The lowest BCUT2D eigenvalue weighted by Gasteiger charge is -2.37. The number of nitrogens with one attached hydrogen (secondary N) is 2.